The molecule has 1 aliphatic rings. The first-order valence-electron chi connectivity index (χ1n) is 5.96. The Labute approximate surface area is 101 Å². The van der Waals surface area contributed by atoms with Crippen molar-refractivity contribution in [2.75, 3.05) is 13.1 Å². The van der Waals surface area contributed by atoms with E-state index in [1.54, 1.807) is 18.2 Å². The Kier molecular flexibility index (Phi) is 3.64. The molecule has 0 aliphatic carbocycles. The minimum absolute atomic E-state index is 0.118. The van der Waals surface area contributed by atoms with Gasteiger partial charge in [0.1, 0.15) is 5.75 Å². The number of benzene rings is 1. The Hall–Kier alpha value is -1.55. The predicted molar refractivity (Wildman–Crippen MR) is 66.0 cm³/mol. The quantitative estimate of drug-likeness (QED) is 0.718. The van der Waals surface area contributed by atoms with Crippen molar-refractivity contribution in [1.82, 2.24) is 10.6 Å². The molecule has 1 aromatic carbocycles. The molecule has 1 fully saturated rings. The molecule has 2 rings (SSSR count). The third-order valence-corrected chi connectivity index (χ3v) is 3.01. The van der Waals surface area contributed by atoms with Crippen LogP contribution in [0.5, 0.6) is 5.75 Å². The van der Waals surface area contributed by atoms with Crippen molar-refractivity contribution in [2.45, 2.75) is 19.4 Å². The highest BCUT2D eigenvalue weighted by Crippen LogP contribution is 2.13. The Bertz CT molecular complexity index is 406. The minimum Gasteiger partial charge on any atom is -0.508 e. The van der Waals surface area contributed by atoms with Crippen LogP contribution in [0.25, 0.3) is 0 Å². The molecule has 4 heteroatoms. The third kappa shape index (κ3) is 3.20. The molecule has 92 valence electrons. The lowest BCUT2D eigenvalue weighted by Gasteiger charge is -2.28. The summed E-state index contributed by atoms with van der Waals surface area (Å²) in [6.07, 6.45) is 0.998. The van der Waals surface area contributed by atoms with Gasteiger partial charge in [0, 0.05) is 18.2 Å². The maximum atomic E-state index is 11.9. The van der Waals surface area contributed by atoms with Crippen molar-refractivity contribution in [3.63, 3.8) is 0 Å². The smallest absolute Gasteiger partial charge is 0.251 e. The molecule has 0 radical (unpaired) electrons. The number of phenols is 1. The second-order valence-electron chi connectivity index (χ2n) is 4.72. The average molecular weight is 234 g/mol. The molecular formula is C13H18N2O2. The zero-order valence-electron chi connectivity index (χ0n) is 9.94. The van der Waals surface area contributed by atoms with Crippen molar-refractivity contribution < 1.29 is 9.90 Å². The standard InChI is InChI=1S/C13H18N2O2/c1-9-5-11(8-14-7-9)15-13(17)10-3-2-4-12(16)6-10/h2-4,6,9,11,14,16H,5,7-8H2,1H3,(H,15,17). The molecule has 1 aromatic rings. The van der Waals surface area contributed by atoms with Crippen LogP contribution in [0.2, 0.25) is 0 Å². The number of hydrogen-bond donors (Lipinski definition) is 3. The number of hydrogen-bond acceptors (Lipinski definition) is 3. The monoisotopic (exact) mass is 234 g/mol. The first-order chi connectivity index (χ1) is 8.15. The molecule has 0 saturated carbocycles. The van der Waals surface area contributed by atoms with Gasteiger partial charge in [-0.15, -0.1) is 0 Å². The van der Waals surface area contributed by atoms with Crippen LogP contribution in [0.15, 0.2) is 24.3 Å². The fraction of sp³-hybridized carbons (Fsp3) is 0.462. The Morgan fingerprint density at radius 1 is 1.47 bits per heavy atom. The molecule has 3 N–H and O–H groups in total. The molecule has 0 spiro atoms. The van der Waals surface area contributed by atoms with Crippen molar-refractivity contribution in [2.24, 2.45) is 5.92 Å². The van der Waals surface area contributed by atoms with Crippen LogP contribution < -0.4 is 10.6 Å². The maximum Gasteiger partial charge on any atom is 0.251 e. The second kappa shape index (κ2) is 5.19. The first kappa shape index (κ1) is 11.9. The number of aromatic hydroxyl groups is 1. The van der Waals surface area contributed by atoms with Gasteiger partial charge in [-0.2, -0.15) is 0 Å². The number of carbonyl (C=O) groups is 1. The van der Waals surface area contributed by atoms with Gasteiger partial charge in [-0.05, 0) is 37.1 Å². The highest BCUT2D eigenvalue weighted by molar-refractivity contribution is 5.94. The Morgan fingerprint density at radius 3 is 3.00 bits per heavy atom. The highest BCUT2D eigenvalue weighted by atomic mass is 16.3. The van der Waals surface area contributed by atoms with Crippen molar-refractivity contribution >= 4 is 5.91 Å². The van der Waals surface area contributed by atoms with Gasteiger partial charge in [0.2, 0.25) is 0 Å². The van der Waals surface area contributed by atoms with Crippen LogP contribution in [-0.4, -0.2) is 30.1 Å². The van der Waals surface area contributed by atoms with Crippen LogP contribution in [0.3, 0.4) is 0 Å². The van der Waals surface area contributed by atoms with Crippen LogP contribution >= 0.6 is 0 Å². The highest BCUT2D eigenvalue weighted by Gasteiger charge is 2.20. The number of nitrogens with one attached hydrogen (secondary N) is 2. The van der Waals surface area contributed by atoms with E-state index in [1.807, 2.05) is 0 Å². The van der Waals surface area contributed by atoms with E-state index in [4.69, 9.17) is 0 Å². The van der Waals surface area contributed by atoms with E-state index in [2.05, 4.69) is 17.6 Å². The van der Waals surface area contributed by atoms with E-state index in [9.17, 15) is 9.90 Å². The summed E-state index contributed by atoms with van der Waals surface area (Å²) in [5.74, 6) is 0.577. The minimum atomic E-state index is -0.123. The van der Waals surface area contributed by atoms with Crippen molar-refractivity contribution in [3.8, 4) is 5.75 Å². The second-order valence-corrected chi connectivity index (χ2v) is 4.72. The van der Waals surface area contributed by atoms with E-state index in [-0.39, 0.29) is 17.7 Å². The number of amides is 1. The van der Waals surface area contributed by atoms with E-state index in [0.29, 0.717) is 11.5 Å². The fourth-order valence-corrected chi connectivity index (χ4v) is 2.18. The van der Waals surface area contributed by atoms with E-state index in [1.165, 1.54) is 6.07 Å². The molecule has 4 nitrogen and oxygen atoms in total. The topological polar surface area (TPSA) is 61.4 Å². The Morgan fingerprint density at radius 2 is 2.29 bits per heavy atom. The summed E-state index contributed by atoms with van der Waals surface area (Å²) in [5, 5.41) is 15.6. The number of carbonyl (C=O) groups excluding carboxylic acids is 1. The zero-order chi connectivity index (χ0) is 12.3. The summed E-state index contributed by atoms with van der Waals surface area (Å²) in [4.78, 5) is 11.9. The largest absolute Gasteiger partial charge is 0.508 e. The van der Waals surface area contributed by atoms with Crippen molar-refractivity contribution in [1.29, 1.82) is 0 Å². The summed E-state index contributed by atoms with van der Waals surface area (Å²) < 4.78 is 0. The third-order valence-electron chi connectivity index (χ3n) is 3.01. The van der Waals surface area contributed by atoms with Gasteiger partial charge in [-0.25, -0.2) is 0 Å². The molecule has 1 aliphatic heterocycles. The summed E-state index contributed by atoms with van der Waals surface area (Å²) in [6, 6.07) is 6.59. The first-order valence-corrected chi connectivity index (χ1v) is 5.96. The lowest BCUT2D eigenvalue weighted by molar-refractivity contribution is 0.0925. The van der Waals surface area contributed by atoms with Crippen LogP contribution in [0.4, 0.5) is 0 Å². The summed E-state index contributed by atoms with van der Waals surface area (Å²) in [6.45, 7) is 3.99. The van der Waals surface area contributed by atoms with Gasteiger partial charge in [0.25, 0.3) is 5.91 Å². The Balaban J connectivity index is 1.97. The zero-order valence-corrected chi connectivity index (χ0v) is 9.94. The predicted octanol–water partition coefficient (Wildman–Crippen LogP) is 1.12. The average Bonchev–Trinajstić information content (AvgIpc) is 2.29. The van der Waals surface area contributed by atoms with Crippen LogP contribution in [0, 0.1) is 5.92 Å². The summed E-state index contributed by atoms with van der Waals surface area (Å²) in [5.41, 5.74) is 0.503. The van der Waals surface area contributed by atoms with Crippen LogP contribution in [0.1, 0.15) is 23.7 Å². The van der Waals surface area contributed by atoms with Crippen molar-refractivity contribution in [3.05, 3.63) is 29.8 Å². The SMILES string of the molecule is CC1CNCC(NC(=O)c2cccc(O)c2)C1. The lowest BCUT2D eigenvalue weighted by Crippen LogP contribution is -2.48. The van der Waals surface area contributed by atoms with Gasteiger partial charge in [-0.1, -0.05) is 13.0 Å². The van der Waals surface area contributed by atoms with Gasteiger partial charge in [0.05, 0.1) is 0 Å². The van der Waals surface area contributed by atoms with Gasteiger partial charge in [0.15, 0.2) is 0 Å². The lowest BCUT2D eigenvalue weighted by atomic mass is 9.97. The molecule has 2 unspecified atom stereocenters. The molecular weight excluding hydrogens is 216 g/mol. The molecule has 0 aromatic heterocycles. The van der Waals surface area contributed by atoms with Crippen LogP contribution in [-0.2, 0) is 0 Å². The van der Waals surface area contributed by atoms with E-state index >= 15 is 0 Å². The summed E-state index contributed by atoms with van der Waals surface area (Å²) >= 11 is 0. The van der Waals surface area contributed by atoms with E-state index < -0.39 is 0 Å². The fourth-order valence-electron chi connectivity index (χ4n) is 2.18. The summed E-state index contributed by atoms with van der Waals surface area (Å²) in [7, 11) is 0. The molecule has 0 bridgehead atoms. The number of piperidine rings is 1. The number of rotatable bonds is 2. The maximum absolute atomic E-state index is 11.9. The normalized spacial score (nSPS) is 24.3. The van der Waals surface area contributed by atoms with Gasteiger partial charge in [-0.3, -0.25) is 4.79 Å². The van der Waals surface area contributed by atoms with Gasteiger partial charge < -0.3 is 15.7 Å². The molecule has 1 amide bonds. The van der Waals surface area contributed by atoms with Gasteiger partial charge >= 0.3 is 0 Å². The van der Waals surface area contributed by atoms with E-state index in [0.717, 1.165) is 19.5 Å². The molecule has 1 saturated heterocycles. The molecule has 2 atom stereocenters. The molecule has 17 heavy (non-hydrogen) atoms. The molecule has 1 heterocycles. The number of phenolic OH excluding ortho intramolecular Hbond substituents is 1.